The third-order valence-electron chi connectivity index (χ3n) is 3.93. The molecule has 0 aromatic heterocycles. The van der Waals surface area contributed by atoms with Crippen LogP contribution in [0.5, 0.6) is 5.75 Å². The minimum Gasteiger partial charge on any atom is -0.496 e. The second-order valence-corrected chi connectivity index (χ2v) is 5.90. The van der Waals surface area contributed by atoms with E-state index in [2.05, 4.69) is 10.6 Å². The van der Waals surface area contributed by atoms with Gasteiger partial charge in [-0.2, -0.15) is 0 Å². The van der Waals surface area contributed by atoms with Gasteiger partial charge < -0.3 is 20.1 Å². The number of hydrogen-bond donors (Lipinski definition) is 2. The van der Waals surface area contributed by atoms with Crippen molar-refractivity contribution < 1.29 is 23.9 Å². The third-order valence-corrected chi connectivity index (χ3v) is 3.93. The summed E-state index contributed by atoms with van der Waals surface area (Å²) in [6, 6.07) is 14.0. The molecule has 148 valence electrons. The summed E-state index contributed by atoms with van der Waals surface area (Å²) in [6.45, 7) is 2.32. The van der Waals surface area contributed by atoms with Crippen molar-refractivity contribution in [1.82, 2.24) is 5.32 Å². The van der Waals surface area contributed by atoms with Crippen molar-refractivity contribution in [3.05, 3.63) is 59.7 Å². The van der Waals surface area contributed by atoms with Crippen LogP contribution in [0.1, 0.15) is 29.3 Å². The molecule has 0 aliphatic rings. The molecule has 0 aliphatic heterocycles. The number of amides is 2. The minimum absolute atomic E-state index is 0.232. The van der Waals surface area contributed by atoms with E-state index in [4.69, 9.17) is 9.47 Å². The van der Waals surface area contributed by atoms with E-state index >= 15 is 0 Å². The van der Waals surface area contributed by atoms with Crippen LogP contribution in [-0.2, 0) is 20.7 Å². The van der Waals surface area contributed by atoms with Crippen molar-refractivity contribution in [3.8, 4) is 5.75 Å². The van der Waals surface area contributed by atoms with Gasteiger partial charge in [0, 0.05) is 6.54 Å². The number of ether oxygens (including phenoxy) is 2. The molecule has 0 saturated heterocycles. The zero-order chi connectivity index (χ0) is 20.4. The fourth-order valence-electron chi connectivity index (χ4n) is 2.63. The Labute approximate surface area is 164 Å². The van der Waals surface area contributed by atoms with Gasteiger partial charge in [0.25, 0.3) is 0 Å². The zero-order valence-corrected chi connectivity index (χ0v) is 16.0. The van der Waals surface area contributed by atoms with E-state index in [1.54, 1.807) is 38.3 Å². The summed E-state index contributed by atoms with van der Waals surface area (Å²) in [5.74, 6) is -0.683. The summed E-state index contributed by atoms with van der Waals surface area (Å²) < 4.78 is 10.2. The highest BCUT2D eigenvalue weighted by Gasteiger charge is 2.15. The highest BCUT2D eigenvalue weighted by atomic mass is 16.5. The molecule has 2 N–H and O–H groups in total. The number of nitrogens with one attached hydrogen (secondary N) is 2. The number of hydrogen-bond acceptors (Lipinski definition) is 5. The van der Waals surface area contributed by atoms with E-state index in [1.165, 1.54) is 0 Å². The Bertz CT molecular complexity index is 835. The Kier molecular flexibility index (Phi) is 8.02. The number of anilines is 1. The van der Waals surface area contributed by atoms with Gasteiger partial charge in [0.1, 0.15) is 12.2 Å². The monoisotopic (exact) mass is 384 g/mol. The number of carbonyl (C=O) groups is 3. The molecule has 0 heterocycles. The topological polar surface area (TPSA) is 93.7 Å². The number of esters is 1. The normalized spacial score (nSPS) is 10.1. The first kappa shape index (κ1) is 21.0. The quantitative estimate of drug-likeness (QED) is 0.512. The molecule has 2 aromatic carbocycles. The average molecular weight is 384 g/mol. The van der Waals surface area contributed by atoms with Gasteiger partial charge in [0.2, 0.25) is 11.8 Å². The van der Waals surface area contributed by atoms with Crippen LogP contribution in [0.25, 0.3) is 0 Å². The predicted molar refractivity (Wildman–Crippen MR) is 105 cm³/mol. The molecule has 0 saturated carbocycles. The SMILES string of the molecule is CCOC(=O)c1ccccc1NC(=O)CC(=O)NCCc1ccccc1OC. The number of carbonyl (C=O) groups excluding carboxylic acids is 3. The minimum atomic E-state index is -0.528. The third kappa shape index (κ3) is 6.12. The molecule has 28 heavy (non-hydrogen) atoms. The molecule has 2 rings (SSSR count). The fourth-order valence-corrected chi connectivity index (χ4v) is 2.63. The molecule has 7 nitrogen and oxygen atoms in total. The molecule has 0 bridgehead atoms. The van der Waals surface area contributed by atoms with Gasteiger partial charge in [0.05, 0.1) is 25.0 Å². The highest BCUT2D eigenvalue weighted by Crippen LogP contribution is 2.18. The largest absolute Gasteiger partial charge is 0.496 e. The van der Waals surface area contributed by atoms with Gasteiger partial charge in [-0.1, -0.05) is 30.3 Å². The number of rotatable bonds is 9. The molecular formula is C21H24N2O5. The summed E-state index contributed by atoms with van der Waals surface area (Å²) in [4.78, 5) is 36.1. The molecule has 0 unspecified atom stereocenters. The van der Waals surface area contributed by atoms with Crippen LogP contribution < -0.4 is 15.4 Å². The van der Waals surface area contributed by atoms with E-state index in [1.807, 2.05) is 24.3 Å². The van der Waals surface area contributed by atoms with Crippen LogP contribution in [0.4, 0.5) is 5.69 Å². The van der Waals surface area contributed by atoms with Gasteiger partial charge in [0.15, 0.2) is 0 Å². The number of benzene rings is 2. The van der Waals surface area contributed by atoms with Crippen molar-refractivity contribution in [2.75, 3.05) is 25.6 Å². The molecule has 7 heteroatoms. The predicted octanol–water partition coefficient (Wildman–Crippen LogP) is 2.56. The first-order valence-corrected chi connectivity index (χ1v) is 8.99. The summed E-state index contributed by atoms with van der Waals surface area (Å²) in [5, 5.41) is 5.30. The molecule has 0 aliphatic carbocycles. The van der Waals surface area contributed by atoms with E-state index in [-0.39, 0.29) is 18.6 Å². The number of para-hydroxylation sites is 2. The summed E-state index contributed by atoms with van der Waals surface area (Å²) in [7, 11) is 1.59. The Morgan fingerprint density at radius 3 is 2.43 bits per heavy atom. The van der Waals surface area contributed by atoms with Crippen LogP contribution in [-0.4, -0.2) is 38.0 Å². The molecule has 2 aromatic rings. The molecule has 0 atom stereocenters. The van der Waals surface area contributed by atoms with Crippen LogP contribution in [0.3, 0.4) is 0 Å². The molecular weight excluding hydrogens is 360 g/mol. The maximum Gasteiger partial charge on any atom is 0.340 e. The first-order valence-electron chi connectivity index (χ1n) is 8.99. The lowest BCUT2D eigenvalue weighted by Gasteiger charge is -2.11. The van der Waals surface area contributed by atoms with Crippen LogP contribution in [0, 0.1) is 0 Å². The molecule has 0 spiro atoms. The summed E-state index contributed by atoms with van der Waals surface area (Å²) in [6.07, 6.45) is 0.242. The van der Waals surface area contributed by atoms with Gasteiger partial charge in [-0.15, -0.1) is 0 Å². The lowest BCUT2D eigenvalue weighted by atomic mass is 10.1. The van der Waals surface area contributed by atoms with Gasteiger partial charge in [-0.3, -0.25) is 9.59 Å². The summed E-state index contributed by atoms with van der Waals surface area (Å²) >= 11 is 0. The Hall–Kier alpha value is -3.35. The van der Waals surface area contributed by atoms with Crippen molar-refractivity contribution in [2.45, 2.75) is 19.8 Å². The lowest BCUT2D eigenvalue weighted by molar-refractivity contribution is -0.126. The standard InChI is InChI=1S/C21H24N2O5/c1-3-28-21(26)16-9-5-6-10-17(16)23-20(25)14-19(24)22-13-12-15-8-4-7-11-18(15)27-2/h4-11H,3,12-14H2,1-2H3,(H,22,24)(H,23,25). The van der Waals surface area contributed by atoms with Gasteiger partial charge >= 0.3 is 5.97 Å². The Morgan fingerprint density at radius 1 is 0.964 bits per heavy atom. The van der Waals surface area contributed by atoms with E-state index in [0.29, 0.717) is 18.7 Å². The van der Waals surface area contributed by atoms with Crippen molar-refractivity contribution in [2.24, 2.45) is 0 Å². The van der Waals surface area contributed by atoms with Crippen LogP contribution >= 0.6 is 0 Å². The molecule has 0 fully saturated rings. The maximum atomic E-state index is 12.1. The van der Waals surface area contributed by atoms with Crippen molar-refractivity contribution in [3.63, 3.8) is 0 Å². The Morgan fingerprint density at radius 2 is 1.68 bits per heavy atom. The van der Waals surface area contributed by atoms with Crippen molar-refractivity contribution in [1.29, 1.82) is 0 Å². The second kappa shape index (κ2) is 10.7. The lowest BCUT2D eigenvalue weighted by Crippen LogP contribution is -2.30. The van der Waals surface area contributed by atoms with E-state index < -0.39 is 17.8 Å². The zero-order valence-electron chi connectivity index (χ0n) is 16.0. The van der Waals surface area contributed by atoms with Crippen molar-refractivity contribution >= 4 is 23.5 Å². The Balaban J connectivity index is 1.85. The van der Waals surface area contributed by atoms with E-state index in [9.17, 15) is 14.4 Å². The van der Waals surface area contributed by atoms with Gasteiger partial charge in [-0.25, -0.2) is 4.79 Å². The summed E-state index contributed by atoms with van der Waals surface area (Å²) in [5.41, 5.74) is 1.53. The highest BCUT2D eigenvalue weighted by molar-refractivity contribution is 6.06. The maximum absolute atomic E-state index is 12.1. The van der Waals surface area contributed by atoms with Gasteiger partial charge in [-0.05, 0) is 37.1 Å². The van der Waals surface area contributed by atoms with Crippen LogP contribution in [0.15, 0.2) is 48.5 Å². The molecule has 2 amide bonds. The number of methoxy groups -OCH3 is 1. The average Bonchev–Trinajstić information content (AvgIpc) is 2.68. The fraction of sp³-hybridized carbons (Fsp3) is 0.286. The van der Waals surface area contributed by atoms with Crippen LogP contribution in [0.2, 0.25) is 0 Å². The second-order valence-electron chi connectivity index (χ2n) is 5.90. The molecule has 0 radical (unpaired) electrons. The van der Waals surface area contributed by atoms with E-state index in [0.717, 1.165) is 11.3 Å². The first-order chi connectivity index (χ1) is 13.5. The smallest absolute Gasteiger partial charge is 0.340 e.